The molecule has 1 aliphatic rings. The lowest BCUT2D eigenvalue weighted by molar-refractivity contribution is -0.140. The second kappa shape index (κ2) is 3.72. The van der Waals surface area contributed by atoms with Crippen molar-refractivity contribution < 1.29 is 9.90 Å². The van der Waals surface area contributed by atoms with Crippen molar-refractivity contribution >= 4 is 5.97 Å². The third-order valence-electron chi connectivity index (χ3n) is 2.28. The average Bonchev–Trinajstić information content (AvgIpc) is 2.36. The monoisotopic (exact) mass is 157 g/mol. The Morgan fingerprint density at radius 3 is 3.00 bits per heavy atom. The minimum absolute atomic E-state index is 0.282. The maximum Gasteiger partial charge on any atom is 0.320 e. The molecule has 0 amide bonds. The lowest BCUT2D eigenvalue weighted by Crippen LogP contribution is -2.35. The molecule has 64 valence electrons. The van der Waals surface area contributed by atoms with Crippen LogP contribution >= 0.6 is 0 Å². The van der Waals surface area contributed by atoms with Crippen LogP contribution in [0.5, 0.6) is 0 Å². The Labute approximate surface area is 66.8 Å². The van der Waals surface area contributed by atoms with Gasteiger partial charge in [0, 0.05) is 0 Å². The predicted octanol–water partition coefficient (Wildman–Crippen LogP) is 0.849. The van der Waals surface area contributed by atoms with Gasteiger partial charge in [-0.05, 0) is 25.3 Å². The Balaban J connectivity index is 2.44. The van der Waals surface area contributed by atoms with Gasteiger partial charge in [-0.15, -0.1) is 0 Å². The molecular formula is C8H15NO2. The van der Waals surface area contributed by atoms with Gasteiger partial charge in [-0.3, -0.25) is 4.79 Å². The molecule has 1 fully saturated rings. The zero-order valence-electron chi connectivity index (χ0n) is 6.84. The Morgan fingerprint density at radius 2 is 2.45 bits per heavy atom. The third kappa shape index (κ3) is 1.93. The van der Waals surface area contributed by atoms with Crippen molar-refractivity contribution in [1.29, 1.82) is 0 Å². The van der Waals surface area contributed by atoms with Crippen molar-refractivity contribution in [2.75, 3.05) is 6.54 Å². The van der Waals surface area contributed by atoms with Gasteiger partial charge in [-0.2, -0.15) is 0 Å². The van der Waals surface area contributed by atoms with Crippen LogP contribution in [0.15, 0.2) is 0 Å². The average molecular weight is 157 g/mol. The summed E-state index contributed by atoms with van der Waals surface area (Å²) in [6.07, 6.45) is 3.13. The fourth-order valence-electron chi connectivity index (χ4n) is 1.73. The number of hydrogen-bond acceptors (Lipinski definition) is 2. The summed E-state index contributed by atoms with van der Waals surface area (Å²) in [5.74, 6) is -0.335. The van der Waals surface area contributed by atoms with E-state index in [1.807, 2.05) is 0 Å². The molecule has 0 aromatic rings. The lowest BCUT2D eigenvalue weighted by Gasteiger charge is -2.13. The van der Waals surface area contributed by atoms with Gasteiger partial charge < -0.3 is 10.4 Å². The van der Waals surface area contributed by atoms with Crippen LogP contribution in [0.25, 0.3) is 0 Å². The maximum absolute atomic E-state index is 10.6. The van der Waals surface area contributed by atoms with Crippen LogP contribution in [0.2, 0.25) is 0 Å². The summed E-state index contributed by atoms with van der Waals surface area (Å²) in [5.41, 5.74) is 0. The van der Waals surface area contributed by atoms with Crippen LogP contribution in [-0.4, -0.2) is 23.7 Å². The van der Waals surface area contributed by atoms with E-state index in [1.165, 1.54) is 0 Å². The first kappa shape index (κ1) is 8.53. The van der Waals surface area contributed by atoms with E-state index in [-0.39, 0.29) is 6.04 Å². The number of carboxylic acid groups (broad SMARTS) is 1. The van der Waals surface area contributed by atoms with Gasteiger partial charge in [0.25, 0.3) is 0 Å². The third-order valence-corrected chi connectivity index (χ3v) is 2.28. The summed E-state index contributed by atoms with van der Waals surface area (Å²) in [4.78, 5) is 10.6. The number of carbonyl (C=O) groups is 1. The molecule has 0 saturated carbocycles. The standard InChI is InChI=1S/C8H15NO2/c1-2-3-6-4-5-9-7(6)8(10)11/h6-7,9H,2-5H2,1H3,(H,10,11)/t6-,7+/m1/s1. The van der Waals surface area contributed by atoms with Crippen LogP contribution in [0.3, 0.4) is 0 Å². The Hall–Kier alpha value is -0.570. The van der Waals surface area contributed by atoms with E-state index in [0.717, 1.165) is 25.8 Å². The van der Waals surface area contributed by atoms with Crippen molar-refractivity contribution in [2.24, 2.45) is 5.92 Å². The SMILES string of the molecule is CCC[C@@H]1CCN[C@@H]1C(=O)O. The summed E-state index contributed by atoms with van der Waals surface area (Å²) >= 11 is 0. The molecule has 1 aliphatic heterocycles. The van der Waals surface area contributed by atoms with Gasteiger partial charge >= 0.3 is 5.97 Å². The van der Waals surface area contributed by atoms with Crippen LogP contribution in [0.4, 0.5) is 0 Å². The van der Waals surface area contributed by atoms with Crippen molar-refractivity contribution in [3.8, 4) is 0 Å². The van der Waals surface area contributed by atoms with Gasteiger partial charge in [0.2, 0.25) is 0 Å². The van der Waals surface area contributed by atoms with Crippen LogP contribution in [0.1, 0.15) is 26.2 Å². The zero-order chi connectivity index (χ0) is 8.27. The minimum Gasteiger partial charge on any atom is -0.480 e. The Bertz CT molecular complexity index is 147. The summed E-state index contributed by atoms with van der Waals surface area (Å²) in [6.45, 7) is 2.96. The summed E-state index contributed by atoms with van der Waals surface area (Å²) in [7, 11) is 0. The smallest absolute Gasteiger partial charge is 0.320 e. The van der Waals surface area contributed by atoms with Gasteiger partial charge in [-0.25, -0.2) is 0 Å². The molecule has 0 unspecified atom stereocenters. The molecule has 0 aromatic carbocycles. The van der Waals surface area contributed by atoms with Crippen molar-refractivity contribution in [1.82, 2.24) is 5.32 Å². The molecule has 3 nitrogen and oxygen atoms in total. The number of hydrogen-bond donors (Lipinski definition) is 2. The number of nitrogens with one attached hydrogen (secondary N) is 1. The molecule has 1 saturated heterocycles. The topological polar surface area (TPSA) is 49.3 Å². The van der Waals surface area contributed by atoms with Crippen molar-refractivity contribution in [2.45, 2.75) is 32.2 Å². The van der Waals surface area contributed by atoms with E-state index >= 15 is 0 Å². The van der Waals surface area contributed by atoms with Crippen LogP contribution < -0.4 is 5.32 Å². The first-order chi connectivity index (χ1) is 5.25. The zero-order valence-corrected chi connectivity index (χ0v) is 6.84. The quantitative estimate of drug-likeness (QED) is 0.638. The van der Waals surface area contributed by atoms with E-state index in [2.05, 4.69) is 12.2 Å². The van der Waals surface area contributed by atoms with E-state index in [1.54, 1.807) is 0 Å². The van der Waals surface area contributed by atoms with Gasteiger partial charge in [0.1, 0.15) is 6.04 Å². The van der Waals surface area contributed by atoms with E-state index in [9.17, 15) is 4.79 Å². The Morgan fingerprint density at radius 1 is 1.73 bits per heavy atom. The summed E-state index contributed by atoms with van der Waals surface area (Å²) in [6, 6.07) is -0.282. The molecule has 0 bridgehead atoms. The molecule has 0 radical (unpaired) electrons. The van der Waals surface area contributed by atoms with Crippen molar-refractivity contribution in [3.63, 3.8) is 0 Å². The summed E-state index contributed by atoms with van der Waals surface area (Å²) < 4.78 is 0. The van der Waals surface area contributed by atoms with E-state index in [4.69, 9.17) is 5.11 Å². The highest BCUT2D eigenvalue weighted by Gasteiger charge is 2.31. The highest BCUT2D eigenvalue weighted by Crippen LogP contribution is 2.20. The first-order valence-electron chi connectivity index (χ1n) is 4.22. The molecule has 1 rings (SSSR count). The fraction of sp³-hybridized carbons (Fsp3) is 0.875. The van der Waals surface area contributed by atoms with E-state index in [0.29, 0.717) is 5.92 Å². The second-order valence-electron chi connectivity index (χ2n) is 3.11. The lowest BCUT2D eigenvalue weighted by atomic mass is 9.96. The normalized spacial score (nSPS) is 30.6. The second-order valence-corrected chi connectivity index (χ2v) is 3.11. The predicted molar refractivity (Wildman–Crippen MR) is 42.4 cm³/mol. The first-order valence-corrected chi connectivity index (χ1v) is 4.22. The number of rotatable bonds is 3. The molecule has 1 heterocycles. The van der Waals surface area contributed by atoms with Gasteiger partial charge in [0.15, 0.2) is 0 Å². The Kier molecular flexibility index (Phi) is 2.88. The van der Waals surface area contributed by atoms with E-state index < -0.39 is 5.97 Å². The largest absolute Gasteiger partial charge is 0.480 e. The molecule has 0 aromatic heterocycles. The molecule has 3 heteroatoms. The molecule has 0 aliphatic carbocycles. The molecule has 0 spiro atoms. The fourth-order valence-corrected chi connectivity index (χ4v) is 1.73. The molecular weight excluding hydrogens is 142 g/mol. The molecule has 11 heavy (non-hydrogen) atoms. The molecule has 2 N–H and O–H groups in total. The highest BCUT2D eigenvalue weighted by molar-refractivity contribution is 5.74. The molecule has 2 atom stereocenters. The maximum atomic E-state index is 10.6. The minimum atomic E-state index is -0.694. The van der Waals surface area contributed by atoms with Gasteiger partial charge in [-0.1, -0.05) is 13.3 Å². The van der Waals surface area contributed by atoms with Gasteiger partial charge in [0.05, 0.1) is 0 Å². The number of aliphatic carboxylic acids is 1. The highest BCUT2D eigenvalue weighted by atomic mass is 16.4. The van der Waals surface area contributed by atoms with Crippen LogP contribution in [-0.2, 0) is 4.79 Å². The summed E-state index contributed by atoms with van der Waals surface area (Å²) in [5, 5.41) is 11.7. The number of carboxylic acids is 1. The van der Waals surface area contributed by atoms with Crippen LogP contribution in [0, 0.1) is 5.92 Å². The van der Waals surface area contributed by atoms with Crippen molar-refractivity contribution in [3.05, 3.63) is 0 Å².